The van der Waals surface area contributed by atoms with Gasteiger partial charge in [-0.05, 0) is 37.5 Å². The summed E-state index contributed by atoms with van der Waals surface area (Å²) in [6, 6.07) is 3.87. The van der Waals surface area contributed by atoms with E-state index in [0.717, 1.165) is 30.0 Å². The number of imidazole rings is 1. The highest BCUT2D eigenvalue weighted by Crippen LogP contribution is 2.17. The fourth-order valence-electron chi connectivity index (χ4n) is 3.38. The Hall–Kier alpha value is -2.90. The molecule has 2 aromatic rings. The summed E-state index contributed by atoms with van der Waals surface area (Å²) in [4.78, 5) is 32.5. The van der Waals surface area contributed by atoms with Crippen LogP contribution >= 0.6 is 0 Å². The second-order valence-corrected chi connectivity index (χ2v) is 7.13. The summed E-state index contributed by atoms with van der Waals surface area (Å²) >= 11 is 0. The van der Waals surface area contributed by atoms with Crippen molar-refractivity contribution >= 4 is 11.9 Å². The Labute approximate surface area is 165 Å². The van der Waals surface area contributed by atoms with Crippen molar-refractivity contribution in [2.24, 2.45) is 0 Å². The predicted molar refractivity (Wildman–Crippen MR) is 106 cm³/mol. The van der Waals surface area contributed by atoms with Crippen LogP contribution < -0.4 is 16.0 Å². The molecule has 0 radical (unpaired) electrons. The van der Waals surface area contributed by atoms with E-state index in [-0.39, 0.29) is 24.4 Å². The first-order chi connectivity index (χ1) is 13.6. The van der Waals surface area contributed by atoms with Crippen LogP contribution in [0.25, 0.3) is 5.82 Å². The number of carbonyl (C=O) groups excluding carboxylic acids is 2. The van der Waals surface area contributed by atoms with Crippen molar-refractivity contribution in [3.63, 3.8) is 0 Å². The van der Waals surface area contributed by atoms with Crippen molar-refractivity contribution in [2.45, 2.75) is 58.0 Å². The van der Waals surface area contributed by atoms with E-state index in [1.54, 1.807) is 12.4 Å². The molecule has 2 aromatic heterocycles. The van der Waals surface area contributed by atoms with Crippen molar-refractivity contribution in [3.05, 3.63) is 42.1 Å². The van der Waals surface area contributed by atoms with Crippen molar-refractivity contribution in [1.29, 1.82) is 0 Å². The third kappa shape index (κ3) is 5.80. The molecular weight excluding hydrogens is 356 g/mol. The Kier molecular flexibility index (Phi) is 7.00. The van der Waals surface area contributed by atoms with E-state index >= 15 is 0 Å². The third-order valence-corrected chi connectivity index (χ3v) is 4.95. The SMILES string of the molecule is Cc1nccn1-c1cc(CNC(=O)CCNC(=O)NC2CCCCC2)ccn1. The van der Waals surface area contributed by atoms with E-state index in [4.69, 9.17) is 0 Å². The Morgan fingerprint density at radius 3 is 2.71 bits per heavy atom. The fraction of sp³-hybridized carbons (Fsp3) is 0.500. The lowest BCUT2D eigenvalue weighted by atomic mass is 9.96. The van der Waals surface area contributed by atoms with E-state index in [9.17, 15) is 9.59 Å². The first-order valence-corrected chi connectivity index (χ1v) is 9.88. The van der Waals surface area contributed by atoms with E-state index in [1.165, 1.54) is 19.3 Å². The summed E-state index contributed by atoms with van der Waals surface area (Å²) in [6.07, 6.45) is 11.2. The van der Waals surface area contributed by atoms with Gasteiger partial charge in [0.25, 0.3) is 0 Å². The maximum atomic E-state index is 12.0. The lowest BCUT2D eigenvalue weighted by Crippen LogP contribution is -2.43. The smallest absolute Gasteiger partial charge is 0.315 e. The number of aromatic nitrogens is 3. The van der Waals surface area contributed by atoms with Crippen LogP contribution in [0.3, 0.4) is 0 Å². The van der Waals surface area contributed by atoms with Crippen LogP contribution in [-0.2, 0) is 11.3 Å². The zero-order valence-electron chi connectivity index (χ0n) is 16.3. The summed E-state index contributed by atoms with van der Waals surface area (Å²) in [5.41, 5.74) is 0.953. The highest BCUT2D eigenvalue weighted by molar-refractivity contribution is 5.78. The van der Waals surface area contributed by atoms with Crippen LogP contribution in [0.4, 0.5) is 4.79 Å². The van der Waals surface area contributed by atoms with Gasteiger partial charge in [-0.15, -0.1) is 0 Å². The lowest BCUT2D eigenvalue weighted by Gasteiger charge is -2.22. The summed E-state index contributed by atoms with van der Waals surface area (Å²) < 4.78 is 1.89. The fourth-order valence-corrected chi connectivity index (χ4v) is 3.38. The minimum absolute atomic E-state index is 0.102. The van der Waals surface area contributed by atoms with Gasteiger partial charge in [0, 0.05) is 44.1 Å². The number of nitrogens with one attached hydrogen (secondary N) is 3. The van der Waals surface area contributed by atoms with Gasteiger partial charge in [-0.3, -0.25) is 9.36 Å². The van der Waals surface area contributed by atoms with Crippen LogP contribution in [0.15, 0.2) is 30.7 Å². The van der Waals surface area contributed by atoms with Gasteiger partial charge in [0.05, 0.1) is 0 Å². The highest BCUT2D eigenvalue weighted by Gasteiger charge is 2.15. The van der Waals surface area contributed by atoms with Crippen LogP contribution in [0, 0.1) is 6.92 Å². The van der Waals surface area contributed by atoms with Crippen molar-refractivity contribution in [3.8, 4) is 5.82 Å². The van der Waals surface area contributed by atoms with Gasteiger partial charge in [-0.25, -0.2) is 14.8 Å². The number of urea groups is 1. The minimum atomic E-state index is -0.186. The summed E-state index contributed by atoms with van der Waals surface area (Å²) in [6.45, 7) is 2.64. The molecule has 0 aromatic carbocycles. The first-order valence-electron chi connectivity index (χ1n) is 9.88. The largest absolute Gasteiger partial charge is 0.352 e. The number of pyridine rings is 1. The molecule has 2 heterocycles. The monoisotopic (exact) mass is 384 g/mol. The Balaban J connectivity index is 1.37. The number of nitrogens with zero attached hydrogens (tertiary/aromatic N) is 3. The molecule has 3 amide bonds. The Bertz CT molecular complexity index is 797. The van der Waals surface area contributed by atoms with E-state index in [2.05, 4.69) is 25.9 Å². The molecule has 28 heavy (non-hydrogen) atoms. The first kappa shape index (κ1) is 19.9. The minimum Gasteiger partial charge on any atom is -0.352 e. The molecule has 0 spiro atoms. The molecular formula is C20H28N6O2. The normalized spacial score (nSPS) is 14.5. The zero-order chi connectivity index (χ0) is 19.8. The zero-order valence-corrected chi connectivity index (χ0v) is 16.3. The van der Waals surface area contributed by atoms with Crippen molar-refractivity contribution < 1.29 is 9.59 Å². The van der Waals surface area contributed by atoms with Gasteiger partial charge in [0.1, 0.15) is 11.6 Å². The number of aryl methyl sites for hydroxylation is 1. The van der Waals surface area contributed by atoms with Crippen LogP contribution in [0.2, 0.25) is 0 Å². The molecule has 8 heteroatoms. The second-order valence-electron chi connectivity index (χ2n) is 7.13. The molecule has 3 N–H and O–H groups in total. The Morgan fingerprint density at radius 1 is 1.14 bits per heavy atom. The molecule has 0 saturated heterocycles. The maximum absolute atomic E-state index is 12.0. The summed E-state index contributed by atoms with van der Waals surface area (Å²) in [7, 11) is 0. The van der Waals surface area contributed by atoms with E-state index in [0.29, 0.717) is 13.1 Å². The molecule has 1 saturated carbocycles. The lowest BCUT2D eigenvalue weighted by molar-refractivity contribution is -0.121. The van der Waals surface area contributed by atoms with Gasteiger partial charge in [0.15, 0.2) is 0 Å². The molecule has 3 rings (SSSR count). The standard InChI is InChI=1S/C20H28N6O2/c1-15-21-11-12-26(15)18-13-16(7-9-22-18)14-24-19(27)8-10-23-20(28)25-17-5-3-2-4-6-17/h7,9,11-13,17H,2-6,8,10,14H2,1H3,(H,24,27)(H2,23,25,28). The predicted octanol–water partition coefficient (Wildman–Crippen LogP) is 2.21. The van der Waals surface area contributed by atoms with Gasteiger partial charge >= 0.3 is 6.03 Å². The molecule has 1 aliphatic carbocycles. The average Bonchev–Trinajstić information content (AvgIpc) is 3.13. The van der Waals surface area contributed by atoms with Gasteiger partial charge in [0.2, 0.25) is 5.91 Å². The number of hydrogen-bond acceptors (Lipinski definition) is 4. The summed E-state index contributed by atoms with van der Waals surface area (Å²) in [5, 5.41) is 8.62. The van der Waals surface area contributed by atoms with Crippen molar-refractivity contribution in [1.82, 2.24) is 30.5 Å². The van der Waals surface area contributed by atoms with Crippen LogP contribution in [0.1, 0.15) is 49.9 Å². The molecule has 0 bridgehead atoms. The van der Waals surface area contributed by atoms with Gasteiger partial charge in [-0.1, -0.05) is 19.3 Å². The van der Waals surface area contributed by atoms with Gasteiger partial charge in [-0.2, -0.15) is 0 Å². The highest BCUT2D eigenvalue weighted by atomic mass is 16.2. The molecule has 8 nitrogen and oxygen atoms in total. The Morgan fingerprint density at radius 2 is 1.96 bits per heavy atom. The van der Waals surface area contributed by atoms with Crippen LogP contribution in [-0.4, -0.2) is 39.1 Å². The average molecular weight is 384 g/mol. The maximum Gasteiger partial charge on any atom is 0.315 e. The molecule has 0 atom stereocenters. The second kappa shape index (κ2) is 9.87. The molecule has 0 unspecified atom stereocenters. The van der Waals surface area contributed by atoms with E-state index in [1.807, 2.05) is 29.8 Å². The third-order valence-electron chi connectivity index (χ3n) is 4.95. The number of amides is 3. The molecule has 0 aliphatic heterocycles. The number of carbonyl (C=O) groups is 2. The topological polar surface area (TPSA) is 101 Å². The molecule has 1 aliphatic rings. The quantitative estimate of drug-likeness (QED) is 0.681. The van der Waals surface area contributed by atoms with Crippen molar-refractivity contribution in [2.75, 3.05) is 6.54 Å². The van der Waals surface area contributed by atoms with Crippen LogP contribution in [0.5, 0.6) is 0 Å². The molecule has 150 valence electrons. The van der Waals surface area contributed by atoms with Gasteiger partial charge < -0.3 is 16.0 Å². The van der Waals surface area contributed by atoms with E-state index < -0.39 is 0 Å². The number of rotatable bonds is 7. The molecule has 1 fully saturated rings. The summed E-state index contributed by atoms with van der Waals surface area (Å²) in [5.74, 6) is 1.52. The number of hydrogen-bond donors (Lipinski definition) is 3.